The van der Waals surface area contributed by atoms with Crippen LogP contribution in [0.25, 0.3) is 0 Å². The SMILES string of the molecule is CCn1ncnc1CC(O)C1CCC(C)C1. The van der Waals surface area contributed by atoms with Crippen LogP contribution in [0.2, 0.25) is 0 Å². The first-order valence-electron chi connectivity index (χ1n) is 6.25. The minimum absolute atomic E-state index is 0.251. The molecule has 16 heavy (non-hydrogen) atoms. The summed E-state index contributed by atoms with van der Waals surface area (Å²) in [6.07, 6.45) is 5.53. The molecule has 0 aliphatic heterocycles. The Balaban J connectivity index is 1.94. The van der Waals surface area contributed by atoms with E-state index in [-0.39, 0.29) is 6.10 Å². The summed E-state index contributed by atoms with van der Waals surface area (Å²) in [5.41, 5.74) is 0. The summed E-state index contributed by atoms with van der Waals surface area (Å²) < 4.78 is 1.86. The third-order valence-electron chi connectivity index (χ3n) is 3.67. The van der Waals surface area contributed by atoms with Gasteiger partial charge in [0.05, 0.1) is 6.10 Å². The molecule has 3 unspecified atom stereocenters. The van der Waals surface area contributed by atoms with E-state index >= 15 is 0 Å². The molecule has 1 aliphatic rings. The van der Waals surface area contributed by atoms with E-state index in [1.165, 1.54) is 6.42 Å². The largest absolute Gasteiger partial charge is 0.392 e. The Bertz CT molecular complexity index is 337. The van der Waals surface area contributed by atoms with Crippen molar-refractivity contribution in [3.63, 3.8) is 0 Å². The lowest BCUT2D eigenvalue weighted by Crippen LogP contribution is -2.23. The van der Waals surface area contributed by atoms with Crippen LogP contribution >= 0.6 is 0 Å². The van der Waals surface area contributed by atoms with Gasteiger partial charge >= 0.3 is 0 Å². The van der Waals surface area contributed by atoms with Crippen molar-refractivity contribution in [1.29, 1.82) is 0 Å². The Morgan fingerprint density at radius 1 is 1.56 bits per heavy atom. The molecule has 0 saturated heterocycles. The van der Waals surface area contributed by atoms with Crippen molar-refractivity contribution in [2.45, 2.75) is 52.2 Å². The number of rotatable bonds is 4. The third-order valence-corrected chi connectivity index (χ3v) is 3.67. The molecule has 0 bridgehead atoms. The molecule has 1 fully saturated rings. The lowest BCUT2D eigenvalue weighted by molar-refractivity contribution is 0.106. The van der Waals surface area contributed by atoms with Crippen LogP contribution in [-0.4, -0.2) is 26.0 Å². The van der Waals surface area contributed by atoms with Gasteiger partial charge in [-0.1, -0.05) is 13.3 Å². The van der Waals surface area contributed by atoms with Gasteiger partial charge in [-0.05, 0) is 31.6 Å². The fourth-order valence-corrected chi connectivity index (χ4v) is 2.66. The molecule has 0 amide bonds. The van der Waals surface area contributed by atoms with Crippen LogP contribution in [0.3, 0.4) is 0 Å². The smallest absolute Gasteiger partial charge is 0.138 e. The van der Waals surface area contributed by atoms with E-state index in [0.29, 0.717) is 12.3 Å². The first-order chi connectivity index (χ1) is 7.70. The first kappa shape index (κ1) is 11.6. The second-order valence-electron chi connectivity index (χ2n) is 4.94. The van der Waals surface area contributed by atoms with Gasteiger partial charge in [-0.2, -0.15) is 5.10 Å². The van der Waals surface area contributed by atoms with Crippen LogP contribution in [0.15, 0.2) is 6.33 Å². The number of aryl methyl sites for hydroxylation is 1. The number of aromatic nitrogens is 3. The van der Waals surface area contributed by atoms with Crippen LogP contribution in [-0.2, 0) is 13.0 Å². The van der Waals surface area contributed by atoms with E-state index < -0.39 is 0 Å². The molecule has 1 aromatic rings. The molecule has 4 heteroatoms. The van der Waals surface area contributed by atoms with Crippen molar-refractivity contribution in [3.05, 3.63) is 12.2 Å². The summed E-state index contributed by atoms with van der Waals surface area (Å²) in [6, 6.07) is 0. The zero-order valence-corrected chi connectivity index (χ0v) is 10.1. The molecule has 1 N–H and O–H groups in total. The average molecular weight is 223 g/mol. The summed E-state index contributed by atoms with van der Waals surface area (Å²) in [5.74, 6) is 2.13. The highest BCUT2D eigenvalue weighted by Gasteiger charge is 2.28. The van der Waals surface area contributed by atoms with Gasteiger partial charge < -0.3 is 5.11 Å². The number of hydrogen-bond donors (Lipinski definition) is 1. The maximum atomic E-state index is 10.2. The van der Waals surface area contributed by atoms with E-state index in [1.54, 1.807) is 6.33 Å². The molecule has 0 radical (unpaired) electrons. The monoisotopic (exact) mass is 223 g/mol. The maximum absolute atomic E-state index is 10.2. The van der Waals surface area contributed by atoms with Gasteiger partial charge in [-0.25, -0.2) is 4.98 Å². The van der Waals surface area contributed by atoms with Gasteiger partial charge in [0.2, 0.25) is 0 Å². The van der Waals surface area contributed by atoms with Crippen molar-refractivity contribution in [2.24, 2.45) is 11.8 Å². The standard InChI is InChI=1S/C12H21N3O/c1-3-15-12(13-8-14-15)7-11(16)10-5-4-9(2)6-10/h8-11,16H,3-7H2,1-2H3. The third kappa shape index (κ3) is 2.43. The molecule has 1 aliphatic carbocycles. The fourth-order valence-electron chi connectivity index (χ4n) is 2.66. The predicted molar refractivity (Wildman–Crippen MR) is 61.9 cm³/mol. The van der Waals surface area contributed by atoms with Gasteiger partial charge in [0.15, 0.2) is 0 Å². The lowest BCUT2D eigenvalue weighted by Gasteiger charge is -2.17. The minimum atomic E-state index is -0.251. The zero-order valence-electron chi connectivity index (χ0n) is 10.1. The average Bonchev–Trinajstić information content (AvgIpc) is 2.86. The van der Waals surface area contributed by atoms with Crippen molar-refractivity contribution < 1.29 is 5.11 Å². The van der Waals surface area contributed by atoms with Crippen LogP contribution in [0, 0.1) is 11.8 Å². The number of aliphatic hydroxyl groups is 1. The number of aliphatic hydroxyl groups excluding tert-OH is 1. The van der Waals surface area contributed by atoms with Crippen LogP contribution < -0.4 is 0 Å². The predicted octanol–water partition coefficient (Wildman–Crippen LogP) is 1.64. The fraction of sp³-hybridized carbons (Fsp3) is 0.833. The molecular formula is C12H21N3O. The van der Waals surface area contributed by atoms with Gasteiger partial charge in [0, 0.05) is 13.0 Å². The summed E-state index contributed by atoms with van der Waals surface area (Å²) in [4.78, 5) is 4.21. The van der Waals surface area contributed by atoms with Gasteiger partial charge in [-0.15, -0.1) is 0 Å². The molecule has 1 aromatic heterocycles. The van der Waals surface area contributed by atoms with Crippen molar-refractivity contribution in [3.8, 4) is 0 Å². The summed E-state index contributed by atoms with van der Waals surface area (Å²) in [5, 5.41) is 14.3. The van der Waals surface area contributed by atoms with E-state index in [9.17, 15) is 5.11 Å². The van der Waals surface area contributed by atoms with Gasteiger partial charge in [-0.3, -0.25) is 4.68 Å². The van der Waals surface area contributed by atoms with Crippen LogP contribution in [0.1, 0.15) is 38.9 Å². The highest BCUT2D eigenvalue weighted by atomic mass is 16.3. The maximum Gasteiger partial charge on any atom is 0.138 e. The van der Waals surface area contributed by atoms with E-state index in [2.05, 4.69) is 17.0 Å². The Labute approximate surface area is 96.7 Å². The van der Waals surface area contributed by atoms with Crippen molar-refractivity contribution in [2.75, 3.05) is 0 Å². The van der Waals surface area contributed by atoms with Gasteiger partial charge in [0.1, 0.15) is 12.2 Å². The van der Waals surface area contributed by atoms with E-state index in [4.69, 9.17) is 0 Å². The quantitative estimate of drug-likeness (QED) is 0.844. The van der Waals surface area contributed by atoms with E-state index in [1.807, 2.05) is 11.6 Å². The highest BCUT2D eigenvalue weighted by Crippen LogP contribution is 2.33. The summed E-state index contributed by atoms with van der Waals surface area (Å²) in [6.45, 7) is 5.13. The Hall–Kier alpha value is -0.900. The highest BCUT2D eigenvalue weighted by molar-refractivity contribution is 4.90. The second-order valence-corrected chi connectivity index (χ2v) is 4.94. The molecule has 1 heterocycles. The van der Waals surface area contributed by atoms with Crippen molar-refractivity contribution >= 4 is 0 Å². The van der Waals surface area contributed by atoms with Gasteiger partial charge in [0.25, 0.3) is 0 Å². The first-order valence-corrected chi connectivity index (χ1v) is 6.25. The van der Waals surface area contributed by atoms with Crippen molar-refractivity contribution in [1.82, 2.24) is 14.8 Å². The molecule has 90 valence electrons. The summed E-state index contributed by atoms with van der Waals surface area (Å²) >= 11 is 0. The molecule has 3 atom stereocenters. The lowest BCUT2D eigenvalue weighted by atomic mass is 9.97. The van der Waals surface area contributed by atoms with E-state index in [0.717, 1.165) is 31.1 Å². The Morgan fingerprint density at radius 2 is 2.38 bits per heavy atom. The Kier molecular flexibility index (Phi) is 3.59. The topological polar surface area (TPSA) is 50.9 Å². The molecule has 0 spiro atoms. The minimum Gasteiger partial charge on any atom is -0.392 e. The molecule has 4 nitrogen and oxygen atoms in total. The van der Waals surface area contributed by atoms with Crippen LogP contribution in [0.5, 0.6) is 0 Å². The Morgan fingerprint density at radius 3 is 3.00 bits per heavy atom. The molecule has 0 aromatic carbocycles. The zero-order chi connectivity index (χ0) is 11.5. The number of nitrogens with zero attached hydrogens (tertiary/aromatic N) is 3. The number of hydrogen-bond acceptors (Lipinski definition) is 3. The molecule has 2 rings (SSSR count). The second kappa shape index (κ2) is 4.95. The van der Waals surface area contributed by atoms with Crippen LogP contribution in [0.4, 0.5) is 0 Å². The molecular weight excluding hydrogens is 202 g/mol. The molecule has 1 saturated carbocycles. The summed E-state index contributed by atoms with van der Waals surface area (Å²) in [7, 11) is 0. The normalized spacial score (nSPS) is 27.2.